The summed E-state index contributed by atoms with van der Waals surface area (Å²) >= 11 is 11.6. The molecule has 1 heterocycles. The first kappa shape index (κ1) is 9.20. The van der Waals surface area contributed by atoms with Crippen LogP contribution < -0.4 is 0 Å². The van der Waals surface area contributed by atoms with Crippen LogP contribution in [0.15, 0.2) is 18.2 Å². The lowest BCUT2D eigenvalue weighted by molar-refractivity contribution is 1.05. The van der Waals surface area contributed by atoms with Crippen LogP contribution in [0.2, 0.25) is 10.3 Å². The minimum atomic E-state index is 0.196. The Morgan fingerprint density at radius 3 is 2.57 bits per heavy atom. The molecule has 0 bridgehead atoms. The van der Waals surface area contributed by atoms with E-state index >= 15 is 0 Å². The molecule has 68 valence electrons. The summed E-state index contributed by atoms with van der Waals surface area (Å²) in [5.74, 6) is 0. The minimum absolute atomic E-state index is 0.196. The van der Waals surface area contributed by atoms with Gasteiger partial charge < -0.3 is 0 Å². The van der Waals surface area contributed by atoms with Gasteiger partial charge in [-0.1, -0.05) is 35.3 Å². The molecule has 0 aliphatic heterocycles. The maximum Gasteiger partial charge on any atom is 0.160 e. The summed E-state index contributed by atoms with van der Waals surface area (Å²) in [4.78, 5) is 0. The summed E-state index contributed by atoms with van der Waals surface area (Å²) in [6.07, 6.45) is 0. The average Bonchev–Trinajstić information content (AvgIpc) is 2.23. The van der Waals surface area contributed by atoms with Crippen LogP contribution in [0.3, 0.4) is 0 Å². The van der Waals surface area contributed by atoms with Crippen LogP contribution in [0.4, 0.5) is 0 Å². The third-order valence-corrected chi connectivity index (χ3v) is 2.38. The molecule has 0 unspecified atom stereocenters. The molecule has 3 nitrogen and oxygen atoms in total. The number of aromatic nitrogens is 2. The first-order chi connectivity index (χ1) is 6.74. The number of halogens is 2. The third kappa shape index (κ3) is 1.29. The van der Waals surface area contributed by atoms with Crippen molar-refractivity contribution in [3.63, 3.8) is 0 Å². The summed E-state index contributed by atoms with van der Waals surface area (Å²) in [5.41, 5.74) is 0.448. The molecule has 1 aromatic heterocycles. The van der Waals surface area contributed by atoms with E-state index in [2.05, 4.69) is 10.2 Å². The van der Waals surface area contributed by atoms with Crippen LogP contribution >= 0.6 is 23.2 Å². The fraction of sp³-hybridized carbons (Fsp3) is 0. The van der Waals surface area contributed by atoms with E-state index in [1.54, 1.807) is 18.2 Å². The molecular weight excluding hydrogens is 221 g/mol. The number of rotatable bonds is 0. The van der Waals surface area contributed by atoms with E-state index in [4.69, 9.17) is 28.5 Å². The predicted molar refractivity (Wildman–Crippen MR) is 54.3 cm³/mol. The van der Waals surface area contributed by atoms with Gasteiger partial charge >= 0.3 is 0 Å². The van der Waals surface area contributed by atoms with Gasteiger partial charge in [0.05, 0.1) is 11.6 Å². The highest BCUT2D eigenvalue weighted by Crippen LogP contribution is 2.28. The van der Waals surface area contributed by atoms with Crippen molar-refractivity contribution in [2.45, 2.75) is 0 Å². The van der Waals surface area contributed by atoms with Crippen molar-refractivity contribution in [2.75, 3.05) is 0 Å². The van der Waals surface area contributed by atoms with Gasteiger partial charge in [-0.3, -0.25) is 0 Å². The van der Waals surface area contributed by atoms with E-state index in [9.17, 15) is 0 Å². The standard InChI is InChI=1S/C9H3Cl2N3/c10-8-6-3-1-2-5(4-12)7(6)9(11)14-13-8/h1-3H. The van der Waals surface area contributed by atoms with E-state index in [0.717, 1.165) is 0 Å². The Kier molecular flexibility index (Phi) is 2.24. The van der Waals surface area contributed by atoms with Gasteiger partial charge in [0, 0.05) is 10.8 Å². The van der Waals surface area contributed by atoms with Crippen molar-refractivity contribution in [3.05, 3.63) is 34.1 Å². The molecule has 0 aliphatic carbocycles. The second-order valence-electron chi connectivity index (χ2n) is 2.62. The molecule has 0 N–H and O–H groups in total. The zero-order chi connectivity index (χ0) is 10.1. The van der Waals surface area contributed by atoms with Gasteiger partial charge in [-0.25, -0.2) is 0 Å². The molecule has 1 aromatic carbocycles. The SMILES string of the molecule is N#Cc1cccc2c(Cl)nnc(Cl)c12. The largest absolute Gasteiger partial charge is 0.192 e. The minimum Gasteiger partial charge on any atom is -0.192 e. The first-order valence-corrected chi connectivity index (χ1v) is 4.50. The van der Waals surface area contributed by atoms with Crippen LogP contribution in [0, 0.1) is 11.3 Å². The molecule has 0 aliphatic rings. The lowest BCUT2D eigenvalue weighted by Crippen LogP contribution is -1.89. The van der Waals surface area contributed by atoms with Gasteiger partial charge in [-0.05, 0) is 6.07 Å². The lowest BCUT2D eigenvalue weighted by atomic mass is 10.1. The van der Waals surface area contributed by atoms with Crippen molar-refractivity contribution in [1.82, 2.24) is 10.2 Å². The number of hydrogen-bond donors (Lipinski definition) is 0. The van der Waals surface area contributed by atoms with Gasteiger partial charge in [0.1, 0.15) is 0 Å². The van der Waals surface area contributed by atoms with Gasteiger partial charge in [0.2, 0.25) is 0 Å². The summed E-state index contributed by atoms with van der Waals surface area (Å²) < 4.78 is 0. The average molecular weight is 224 g/mol. The van der Waals surface area contributed by atoms with Crippen molar-refractivity contribution in [1.29, 1.82) is 5.26 Å². The van der Waals surface area contributed by atoms with E-state index in [0.29, 0.717) is 16.3 Å². The summed E-state index contributed by atoms with van der Waals surface area (Å²) in [7, 11) is 0. The summed E-state index contributed by atoms with van der Waals surface area (Å²) in [6.45, 7) is 0. The van der Waals surface area contributed by atoms with E-state index in [-0.39, 0.29) is 10.3 Å². The van der Waals surface area contributed by atoms with Gasteiger partial charge in [-0.15, -0.1) is 10.2 Å². The number of fused-ring (bicyclic) bond motifs is 1. The second-order valence-corrected chi connectivity index (χ2v) is 3.34. The quantitative estimate of drug-likeness (QED) is 0.691. The highest BCUT2D eigenvalue weighted by molar-refractivity contribution is 6.38. The van der Waals surface area contributed by atoms with Gasteiger partial charge in [-0.2, -0.15) is 5.26 Å². The first-order valence-electron chi connectivity index (χ1n) is 3.74. The maximum atomic E-state index is 8.85. The Morgan fingerprint density at radius 1 is 1.14 bits per heavy atom. The smallest absolute Gasteiger partial charge is 0.160 e. The van der Waals surface area contributed by atoms with Gasteiger partial charge in [0.25, 0.3) is 0 Å². The fourth-order valence-corrected chi connectivity index (χ4v) is 1.67. The predicted octanol–water partition coefficient (Wildman–Crippen LogP) is 2.81. The highest BCUT2D eigenvalue weighted by atomic mass is 35.5. The molecule has 0 saturated carbocycles. The summed E-state index contributed by atoms with van der Waals surface area (Å²) in [6, 6.07) is 7.16. The monoisotopic (exact) mass is 223 g/mol. The normalized spacial score (nSPS) is 10.1. The molecule has 5 heteroatoms. The molecule has 0 fully saturated rings. The fourth-order valence-electron chi connectivity index (χ4n) is 1.23. The molecule has 2 rings (SSSR count). The van der Waals surface area contributed by atoms with Crippen molar-refractivity contribution in [3.8, 4) is 6.07 Å². The molecular formula is C9H3Cl2N3. The van der Waals surface area contributed by atoms with E-state index in [1.165, 1.54) is 0 Å². The van der Waals surface area contributed by atoms with Gasteiger partial charge in [0.15, 0.2) is 10.3 Å². The zero-order valence-corrected chi connectivity index (χ0v) is 8.34. The van der Waals surface area contributed by atoms with Crippen LogP contribution in [-0.2, 0) is 0 Å². The number of nitriles is 1. The molecule has 14 heavy (non-hydrogen) atoms. The summed E-state index contributed by atoms with van der Waals surface area (Å²) in [5, 5.41) is 17.8. The number of hydrogen-bond acceptors (Lipinski definition) is 3. The Morgan fingerprint density at radius 2 is 1.86 bits per heavy atom. The number of benzene rings is 1. The van der Waals surface area contributed by atoms with Crippen molar-refractivity contribution in [2.24, 2.45) is 0 Å². The Bertz CT molecular complexity index is 545. The molecule has 0 atom stereocenters. The lowest BCUT2D eigenvalue weighted by Gasteiger charge is -2.01. The highest BCUT2D eigenvalue weighted by Gasteiger charge is 2.09. The maximum absolute atomic E-state index is 8.85. The molecule has 0 amide bonds. The zero-order valence-electron chi connectivity index (χ0n) is 6.83. The molecule has 2 aromatic rings. The Hall–Kier alpha value is -1.37. The van der Waals surface area contributed by atoms with Crippen LogP contribution in [0.1, 0.15) is 5.56 Å². The molecule has 0 spiro atoms. The van der Waals surface area contributed by atoms with E-state index < -0.39 is 0 Å². The molecule has 0 radical (unpaired) electrons. The Balaban J connectivity index is 3.01. The second kappa shape index (κ2) is 3.41. The van der Waals surface area contributed by atoms with Crippen LogP contribution in [0.25, 0.3) is 10.8 Å². The van der Waals surface area contributed by atoms with E-state index in [1.807, 2.05) is 6.07 Å². The Labute approximate surface area is 89.9 Å². The van der Waals surface area contributed by atoms with Crippen LogP contribution in [0.5, 0.6) is 0 Å². The third-order valence-electron chi connectivity index (χ3n) is 1.84. The molecule has 0 saturated heterocycles. The van der Waals surface area contributed by atoms with Crippen LogP contribution in [-0.4, -0.2) is 10.2 Å². The van der Waals surface area contributed by atoms with Crippen molar-refractivity contribution < 1.29 is 0 Å². The van der Waals surface area contributed by atoms with Crippen molar-refractivity contribution >= 4 is 34.0 Å². The number of nitrogens with zero attached hydrogens (tertiary/aromatic N) is 3. The topological polar surface area (TPSA) is 49.6 Å².